The summed E-state index contributed by atoms with van der Waals surface area (Å²) in [5.74, 6) is 0.297. The molecule has 0 heterocycles. The van der Waals surface area contributed by atoms with Gasteiger partial charge in [0.1, 0.15) is 5.41 Å². The predicted octanol–water partition coefficient (Wildman–Crippen LogP) is 4.13. The monoisotopic (exact) mass is 282 g/mol. The molecule has 0 N–H and O–H groups in total. The van der Waals surface area contributed by atoms with Gasteiger partial charge >= 0.3 is 0 Å². The molecule has 0 aliphatic heterocycles. The van der Waals surface area contributed by atoms with Crippen molar-refractivity contribution in [3.05, 3.63) is 95.1 Å². The van der Waals surface area contributed by atoms with Crippen molar-refractivity contribution >= 4 is 5.78 Å². The molecule has 0 saturated heterocycles. The van der Waals surface area contributed by atoms with Crippen molar-refractivity contribution in [2.75, 3.05) is 0 Å². The lowest BCUT2D eigenvalue weighted by atomic mass is 9.73. The van der Waals surface area contributed by atoms with Crippen molar-refractivity contribution in [2.45, 2.75) is 11.8 Å². The van der Waals surface area contributed by atoms with E-state index in [1.807, 2.05) is 24.3 Å². The molecule has 3 aromatic rings. The van der Waals surface area contributed by atoms with Crippen molar-refractivity contribution in [3.63, 3.8) is 0 Å². The third-order valence-corrected chi connectivity index (χ3v) is 5.14. The minimum atomic E-state index is -0.593. The third-order valence-electron chi connectivity index (χ3n) is 5.14. The summed E-state index contributed by atoms with van der Waals surface area (Å²) < 4.78 is 0. The Morgan fingerprint density at radius 1 is 0.636 bits per heavy atom. The number of carbonyl (C=O) groups is 1. The Hall–Kier alpha value is -2.67. The first-order valence-electron chi connectivity index (χ1n) is 7.64. The zero-order chi connectivity index (χ0) is 14.7. The third kappa shape index (κ3) is 1.19. The van der Waals surface area contributed by atoms with Gasteiger partial charge in [0.15, 0.2) is 5.78 Å². The molecule has 5 rings (SSSR count). The first kappa shape index (κ1) is 11.9. The Labute approximate surface area is 129 Å². The van der Waals surface area contributed by atoms with Gasteiger partial charge in [0.2, 0.25) is 0 Å². The summed E-state index contributed by atoms with van der Waals surface area (Å²) in [6, 6.07) is 25.0. The fourth-order valence-corrected chi connectivity index (χ4v) is 4.32. The highest BCUT2D eigenvalue weighted by atomic mass is 16.1. The highest BCUT2D eigenvalue weighted by Gasteiger charge is 2.53. The maximum Gasteiger partial charge on any atom is 0.156 e. The Balaban J connectivity index is 1.99. The molecule has 2 aliphatic carbocycles. The maximum absolute atomic E-state index is 13.2. The molecule has 0 unspecified atom stereocenters. The fraction of sp³-hybridized carbons (Fsp3) is 0.0952. The van der Waals surface area contributed by atoms with Crippen LogP contribution in [0.1, 0.15) is 22.3 Å². The molecule has 1 spiro atoms. The van der Waals surface area contributed by atoms with Crippen LogP contribution in [0.2, 0.25) is 0 Å². The summed E-state index contributed by atoms with van der Waals surface area (Å²) in [5.41, 5.74) is 6.42. The van der Waals surface area contributed by atoms with Gasteiger partial charge in [-0.1, -0.05) is 72.8 Å². The fourth-order valence-electron chi connectivity index (χ4n) is 4.32. The van der Waals surface area contributed by atoms with Gasteiger partial charge in [-0.15, -0.1) is 0 Å². The lowest BCUT2D eigenvalue weighted by Gasteiger charge is -2.26. The van der Waals surface area contributed by atoms with E-state index in [4.69, 9.17) is 0 Å². The van der Waals surface area contributed by atoms with Crippen molar-refractivity contribution in [1.29, 1.82) is 0 Å². The summed E-state index contributed by atoms with van der Waals surface area (Å²) in [6.07, 6.45) is 0.527. The summed E-state index contributed by atoms with van der Waals surface area (Å²) >= 11 is 0. The van der Waals surface area contributed by atoms with Gasteiger partial charge in [-0.3, -0.25) is 4.79 Å². The first-order chi connectivity index (χ1) is 10.8. The normalized spacial score (nSPS) is 16.5. The number of hydrogen-bond acceptors (Lipinski definition) is 1. The van der Waals surface area contributed by atoms with E-state index in [0.717, 1.165) is 16.7 Å². The Kier molecular flexibility index (Phi) is 2.14. The second kappa shape index (κ2) is 3.95. The molecule has 0 amide bonds. The molecule has 3 aromatic carbocycles. The van der Waals surface area contributed by atoms with Gasteiger partial charge in [0.05, 0.1) is 0 Å². The van der Waals surface area contributed by atoms with Crippen LogP contribution in [0.15, 0.2) is 72.8 Å². The van der Waals surface area contributed by atoms with Crippen LogP contribution in [-0.2, 0) is 16.6 Å². The van der Waals surface area contributed by atoms with E-state index in [1.54, 1.807) is 0 Å². The minimum absolute atomic E-state index is 0.297. The molecule has 1 nitrogen and oxygen atoms in total. The van der Waals surface area contributed by atoms with Gasteiger partial charge in [-0.25, -0.2) is 0 Å². The van der Waals surface area contributed by atoms with Crippen molar-refractivity contribution in [2.24, 2.45) is 0 Å². The standard InChI is InChI=1S/C21H14O/c22-20-13-14-7-1-4-10-17(14)21(20)18-11-5-2-8-15(18)16-9-3-6-12-19(16)21/h1-12H,13H2. The van der Waals surface area contributed by atoms with Crippen molar-refractivity contribution in [1.82, 2.24) is 0 Å². The smallest absolute Gasteiger partial charge is 0.156 e. The quantitative estimate of drug-likeness (QED) is 0.606. The molecular weight excluding hydrogens is 268 g/mol. The molecule has 0 radical (unpaired) electrons. The molecule has 1 heteroatoms. The van der Waals surface area contributed by atoms with Crippen LogP contribution in [0.4, 0.5) is 0 Å². The average Bonchev–Trinajstić information content (AvgIpc) is 3.04. The molecule has 22 heavy (non-hydrogen) atoms. The predicted molar refractivity (Wildman–Crippen MR) is 86.9 cm³/mol. The zero-order valence-corrected chi connectivity index (χ0v) is 12.0. The van der Waals surface area contributed by atoms with Gasteiger partial charge in [-0.2, -0.15) is 0 Å². The lowest BCUT2D eigenvalue weighted by Crippen LogP contribution is -2.32. The largest absolute Gasteiger partial charge is 0.298 e. The van der Waals surface area contributed by atoms with E-state index >= 15 is 0 Å². The van der Waals surface area contributed by atoms with E-state index in [1.165, 1.54) is 16.7 Å². The van der Waals surface area contributed by atoms with Crippen molar-refractivity contribution in [3.8, 4) is 11.1 Å². The van der Waals surface area contributed by atoms with Crippen LogP contribution in [0.25, 0.3) is 11.1 Å². The molecule has 0 aromatic heterocycles. The number of fused-ring (bicyclic) bond motifs is 7. The van der Waals surface area contributed by atoms with Gasteiger partial charge < -0.3 is 0 Å². The van der Waals surface area contributed by atoms with E-state index in [2.05, 4.69) is 48.5 Å². The van der Waals surface area contributed by atoms with E-state index < -0.39 is 5.41 Å². The Morgan fingerprint density at radius 2 is 1.14 bits per heavy atom. The molecule has 104 valence electrons. The van der Waals surface area contributed by atoms with Crippen LogP contribution >= 0.6 is 0 Å². The highest BCUT2D eigenvalue weighted by Crippen LogP contribution is 2.56. The van der Waals surface area contributed by atoms with Gasteiger partial charge in [-0.05, 0) is 33.4 Å². The van der Waals surface area contributed by atoms with Gasteiger partial charge in [0.25, 0.3) is 0 Å². The SMILES string of the molecule is O=C1Cc2ccccc2C12c1ccccc1-c1ccccc12. The average molecular weight is 282 g/mol. The number of carbonyl (C=O) groups excluding carboxylic acids is 1. The molecular formula is C21H14O. The molecule has 0 saturated carbocycles. The minimum Gasteiger partial charge on any atom is -0.298 e. The van der Waals surface area contributed by atoms with Crippen LogP contribution in [0.3, 0.4) is 0 Å². The zero-order valence-electron chi connectivity index (χ0n) is 12.0. The summed E-state index contributed by atoms with van der Waals surface area (Å²) in [7, 11) is 0. The summed E-state index contributed by atoms with van der Waals surface area (Å²) in [5, 5.41) is 0. The van der Waals surface area contributed by atoms with E-state index in [-0.39, 0.29) is 0 Å². The molecule has 0 bridgehead atoms. The number of benzene rings is 3. The van der Waals surface area contributed by atoms with Crippen LogP contribution in [0, 0.1) is 0 Å². The Morgan fingerprint density at radius 3 is 1.77 bits per heavy atom. The second-order valence-corrected chi connectivity index (χ2v) is 6.10. The van der Waals surface area contributed by atoms with Crippen molar-refractivity contribution < 1.29 is 4.79 Å². The summed E-state index contributed by atoms with van der Waals surface area (Å²) in [6.45, 7) is 0. The highest BCUT2D eigenvalue weighted by molar-refractivity contribution is 6.08. The number of rotatable bonds is 0. The second-order valence-electron chi connectivity index (χ2n) is 6.10. The van der Waals surface area contributed by atoms with E-state index in [9.17, 15) is 4.79 Å². The van der Waals surface area contributed by atoms with Crippen LogP contribution < -0.4 is 0 Å². The van der Waals surface area contributed by atoms with E-state index in [0.29, 0.717) is 12.2 Å². The lowest BCUT2D eigenvalue weighted by molar-refractivity contribution is -0.120. The van der Waals surface area contributed by atoms with Crippen LogP contribution in [-0.4, -0.2) is 5.78 Å². The van der Waals surface area contributed by atoms with Gasteiger partial charge in [0, 0.05) is 6.42 Å². The number of Topliss-reactive ketones (excluding diaryl/α,β-unsaturated/α-hetero) is 1. The Bertz CT molecular complexity index is 890. The number of hydrogen-bond donors (Lipinski definition) is 0. The summed E-state index contributed by atoms with van der Waals surface area (Å²) in [4.78, 5) is 13.2. The first-order valence-corrected chi connectivity index (χ1v) is 7.64. The topological polar surface area (TPSA) is 17.1 Å². The number of ketones is 1. The molecule has 2 aliphatic rings. The molecule has 0 atom stereocenters. The van der Waals surface area contributed by atoms with Crippen LogP contribution in [0.5, 0.6) is 0 Å². The molecule has 0 fully saturated rings. The maximum atomic E-state index is 13.2.